The molecule has 0 aliphatic carbocycles. The third-order valence-electron chi connectivity index (χ3n) is 6.03. The molecule has 0 radical (unpaired) electrons. The largest absolute Gasteiger partial charge is 0.494 e. The first-order valence-electron chi connectivity index (χ1n) is 11.9. The highest BCUT2D eigenvalue weighted by Crippen LogP contribution is 2.26. The van der Waals surface area contributed by atoms with Gasteiger partial charge >= 0.3 is 0 Å². The van der Waals surface area contributed by atoms with E-state index in [2.05, 4.69) is 67.7 Å². The first-order chi connectivity index (χ1) is 16.8. The highest BCUT2D eigenvalue weighted by atomic mass is 32.1. The Bertz CT molecular complexity index is 1330. The van der Waals surface area contributed by atoms with E-state index in [1.54, 1.807) is 11.3 Å². The van der Waals surface area contributed by atoms with E-state index in [1.165, 1.54) is 19.3 Å². The summed E-state index contributed by atoms with van der Waals surface area (Å²) in [5, 5.41) is 11.1. The van der Waals surface area contributed by atoms with Crippen molar-refractivity contribution in [3.05, 3.63) is 77.2 Å². The molecule has 3 heterocycles. The van der Waals surface area contributed by atoms with Gasteiger partial charge in [-0.3, -0.25) is 0 Å². The summed E-state index contributed by atoms with van der Waals surface area (Å²) in [6.07, 6.45) is 6.55. The van der Waals surface area contributed by atoms with Crippen LogP contribution in [0.5, 0.6) is 5.75 Å². The number of aromatic nitrogens is 4. The molecule has 4 aromatic rings. The van der Waals surface area contributed by atoms with Gasteiger partial charge in [-0.25, -0.2) is 4.99 Å². The second-order valence-corrected chi connectivity index (χ2v) is 9.16. The van der Waals surface area contributed by atoms with Crippen LogP contribution in [-0.2, 0) is 19.5 Å². The Morgan fingerprint density at radius 3 is 2.59 bits per heavy atom. The predicted octanol–water partition coefficient (Wildman–Crippen LogP) is 6.02. The van der Waals surface area contributed by atoms with Crippen LogP contribution < -0.4 is 9.54 Å². The van der Waals surface area contributed by atoms with Gasteiger partial charge in [0.2, 0.25) is 0 Å². The normalized spacial score (nSPS) is 14.0. The van der Waals surface area contributed by atoms with Gasteiger partial charge in [-0.05, 0) is 73.9 Å². The lowest BCUT2D eigenvalue weighted by Gasteiger charge is -2.08. The zero-order chi connectivity index (χ0) is 23.3. The SMILES string of the molecule is C=CCn1c(-c2ccc(OCC)cc2)csc1=Nc1ccc(-c2nnc3n2CCCCC3)cc1. The van der Waals surface area contributed by atoms with Gasteiger partial charge in [-0.1, -0.05) is 12.5 Å². The van der Waals surface area contributed by atoms with Gasteiger partial charge in [0.1, 0.15) is 11.6 Å². The zero-order valence-corrected chi connectivity index (χ0v) is 20.3. The number of rotatable bonds is 7. The fourth-order valence-corrected chi connectivity index (χ4v) is 5.28. The molecule has 2 aromatic heterocycles. The molecule has 0 spiro atoms. The highest BCUT2D eigenvalue weighted by Gasteiger charge is 2.16. The third kappa shape index (κ3) is 4.61. The van der Waals surface area contributed by atoms with Crippen LogP contribution in [0, 0.1) is 0 Å². The van der Waals surface area contributed by atoms with Crippen molar-refractivity contribution in [1.29, 1.82) is 0 Å². The summed E-state index contributed by atoms with van der Waals surface area (Å²) < 4.78 is 10.1. The van der Waals surface area contributed by atoms with E-state index in [9.17, 15) is 0 Å². The van der Waals surface area contributed by atoms with E-state index in [1.807, 2.05) is 25.1 Å². The molecule has 0 unspecified atom stereocenters. The molecular weight excluding hydrogens is 442 g/mol. The third-order valence-corrected chi connectivity index (χ3v) is 6.89. The Morgan fingerprint density at radius 2 is 1.82 bits per heavy atom. The lowest BCUT2D eigenvalue weighted by molar-refractivity contribution is 0.340. The van der Waals surface area contributed by atoms with E-state index >= 15 is 0 Å². The molecular formula is C27H29N5OS. The second-order valence-electron chi connectivity index (χ2n) is 8.32. The van der Waals surface area contributed by atoms with E-state index in [4.69, 9.17) is 9.73 Å². The van der Waals surface area contributed by atoms with E-state index in [0.29, 0.717) is 13.2 Å². The van der Waals surface area contributed by atoms with E-state index < -0.39 is 0 Å². The molecule has 1 aliphatic heterocycles. The summed E-state index contributed by atoms with van der Waals surface area (Å²) in [6, 6.07) is 16.5. The summed E-state index contributed by atoms with van der Waals surface area (Å²) in [5.41, 5.74) is 4.25. The number of allylic oxidation sites excluding steroid dienone is 1. The Hall–Kier alpha value is -3.45. The smallest absolute Gasteiger partial charge is 0.190 e. The van der Waals surface area contributed by atoms with Crippen molar-refractivity contribution in [3.8, 4) is 28.4 Å². The summed E-state index contributed by atoms with van der Waals surface area (Å²) in [6.45, 7) is 8.28. The molecule has 0 bridgehead atoms. The average molecular weight is 472 g/mol. The monoisotopic (exact) mass is 471 g/mol. The van der Waals surface area contributed by atoms with Gasteiger partial charge < -0.3 is 13.9 Å². The molecule has 0 fully saturated rings. The van der Waals surface area contributed by atoms with Crippen molar-refractivity contribution in [2.24, 2.45) is 4.99 Å². The van der Waals surface area contributed by atoms with Crippen LogP contribution in [0.25, 0.3) is 22.6 Å². The number of nitrogens with zero attached hydrogens (tertiary/aromatic N) is 5. The minimum Gasteiger partial charge on any atom is -0.494 e. The van der Waals surface area contributed by atoms with Crippen molar-refractivity contribution in [1.82, 2.24) is 19.3 Å². The summed E-state index contributed by atoms with van der Waals surface area (Å²) in [5.74, 6) is 2.94. The average Bonchev–Trinajstić information content (AvgIpc) is 3.36. The number of hydrogen-bond donors (Lipinski definition) is 0. The molecule has 1 aliphatic rings. The molecule has 174 valence electrons. The first kappa shape index (κ1) is 22.3. The molecule has 34 heavy (non-hydrogen) atoms. The number of fused-ring (bicyclic) bond motifs is 1. The van der Waals surface area contributed by atoms with Gasteiger partial charge in [0.05, 0.1) is 18.0 Å². The van der Waals surface area contributed by atoms with Crippen molar-refractivity contribution >= 4 is 17.0 Å². The topological polar surface area (TPSA) is 57.2 Å². The number of thiazole rings is 1. The van der Waals surface area contributed by atoms with E-state index in [-0.39, 0.29) is 0 Å². The van der Waals surface area contributed by atoms with Gasteiger partial charge in [0.25, 0.3) is 0 Å². The Labute approximate surface area is 203 Å². The minimum atomic E-state index is 0.662. The van der Waals surface area contributed by atoms with Gasteiger partial charge in [-0.2, -0.15) is 0 Å². The van der Waals surface area contributed by atoms with Crippen LogP contribution in [0.2, 0.25) is 0 Å². The molecule has 6 nitrogen and oxygen atoms in total. The molecule has 0 N–H and O–H groups in total. The van der Waals surface area contributed by atoms with Crippen molar-refractivity contribution in [3.63, 3.8) is 0 Å². The maximum atomic E-state index is 5.58. The molecule has 7 heteroatoms. The highest BCUT2D eigenvalue weighted by molar-refractivity contribution is 7.07. The predicted molar refractivity (Wildman–Crippen MR) is 137 cm³/mol. The fraction of sp³-hybridized carbons (Fsp3) is 0.296. The molecule has 0 saturated carbocycles. The van der Waals surface area contributed by atoms with Crippen molar-refractivity contribution < 1.29 is 4.74 Å². The van der Waals surface area contributed by atoms with Crippen LogP contribution >= 0.6 is 11.3 Å². The summed E-state index contributed by atoms with van der Waals surface area (Å²) >= 11 is 1.63. The van der Waals surface area contributed by atoms with Crippen LogP contribution in [0.3, 0.4) is 0 Å². The van der Waals surface area contributed by atoms with E-state index in [0.717, 1.165) is 57.7 Å². The maximum Gasteiger partial charge on any atom is 0.190 e. The molecule has 2 aromatic carbocycles. The Kier molecular flexibility index (Phi) is 6.72. The lowest BCUT2D eigenvalue weighted by Crippen LogP contribution is -2.14. The molecule has 0 amide bonds. The van der Waals surface area contributed by atoms with Crippen LogP contribution in [-0.4, -0.2) is 25.9 Å². The van der Waals surface area contributed by atoms with Gasteiger partial charge in [0, 0.05) is 30.5 Å². The number of ether oxygens (including phenoxy) is 1. The maximum absolute atomic E-state index is 5.58. The molecule has 0 atom stereocenters. The van der Waals surface area contributed by atoms with Gasteiger partial charge in [-0.15, -0.1) is 28.1 Å². The van der Waals surface area contributed by atoms with Crippen LogP contribution in [0.4, 0.5) is 5.69 Å². The second kappa shape index (κ2) is 10.2. The fourth-order valence-electron chi connectivity index (χ4n) is 4.34. The number of hydrogen-bond acceptors (Lipinski definition) is 5. The summed E-state index contributed by atoms with van der Waals surface area (Å²) in [7, 11) is 0. The van der Waals surface area contributed by atoms with Gasteiger partial charge in [0.15, 0.2) is 10.6 Å². The van der Waals surface area contributed by atoms with Crippen LogP contribution in [0.15, 0.2) is 71.6 Å². The molecule has 5 rings (SSSR count). The van der Waals surface area contributed by atoms with Crippen molar-refractivity contribution in [2.75, 3.05) is 6.61 Å². The zero-order valence-electron chi connectivity index (χ0n) is 19.5. The summed E-state index contributed by atoms with van der Waals surface area (Å²) in [4.78, 5) is 5.88. The van der Waals surface area contributed by atoms with Crippen molar-refractivity contribution in [2.45, 2.75) is 45.7 Å². The molecule has 0 saturated heterocycles. The number of benzene rings is 2. The Balaban J connectivity index is 1.45. The number of aryl methyl sites for hydroxylation is 1. The first-order valence-corrected chi connectivity index (χ1v) is 12.7. The standard InChI is InChI=1S/C27H29N5OS/c1-3-17-31-24(20-11-15-23(16-12-20)33-4-2)19-34-27(31)28-22-13-9-21(10-14-22)26-30-29-25-8-6-5-7-18-32(25)26/h3,9-16,19H,1,4-8,17-18H2,2H3. The lowest BCUT2D eigenvalue weighted by atomic mass is 10.1. The quantitative estimate of drug-likeness (QED) is 0.310. The minimum absolute atomic E-state index is 0.662. The Morgan fingerprint density at radius 1 is 1.03 bits per heavy atom. The van der Waals surface area contributed by atoms with Crippen LogP contribution in [0.1, 0.15) is 32.0 Å².